The molecule has 0 unspecified atom stereocenters. The van der Waals surface area contributed by atoms with Crippen LogP contribution in [0.4, 0.5) is 5.82 Å². The van der Waals surface area contributed by atoms with Crippen molar-refractivity contribution in [3.8, 4) is 0 Å². The van der Waals surface area contributed by atoms with Gasteiger partial charge in [0.2, 0.25) is 10.0 Å². The number of nitrogen functional groups attached to an aromatic ring is 1. The smallest absolute Gasteiger partial charge is 0.242 e. The van der Waals surface area contributed by atoms with Gasteiger partial charge in [-0.3, -0.25) is 0 Å². The third kappa shape index (κ3) is 3.49. The highest BCUT2D eigenvalue weighted by atomic mass is 32.2. The molecule has 0 aliphatic carbocycles. The van der Waals surface area contributed by atoms with Gasteiger partial charge in [-0.2, -0.15) is 4.31 Å². The average Bonchev–Trinajstić information content (AvgIpc) is 2.35. The molecule has 0 aliphatic heterocycles. The second kappa shape index (κ2) is 5.25. The fourth-order valence-electron chi connectivity index (χ4n) is 2.09. The Bertz CT molecular complexity index is 767. The van der Waals surface area contributed by atoms with Crippen molar-refractivity contribution in [3.63, 3.8) is 0 Å². The molecule has 0 amide bonds. The third-order valence-corrected chi connectivity index (χ3v) is 4.80. The lowest BCUT2D eigenvalue weighted by molar-refractivity contribution is 0.0640. The van der Waals surface area contributed by atoms with Gasteiger partial charge in [0.1, 0.15) is 5.82 Å². The van der Waals surface area contributed by atoms with Crippen LogP contribution in [0, 0.1) is 0 Å². The van der Waals surface area contributed by atoms with E-state index in [-0.39, 0.29) is 11.4 Å². The Morgan fingerprint density at radius 2 is 1.95 bits per heavy atom. The molecule has 0 aliphatic rings. The first-order valence-corrected chi connectivity index (χ1v) is 7.89. The lowest BCUT2D eigenvalue weighted by atomic mass is 10.1. The van der Waals surface area contributed by atoms with Gasteiger partial charge >= 0.3 is 0 Å². The molecule has 0 bridgehead atoms. The molecule has 114 valence electrons. The summed E-state index contributed by atoms with van der Waals surface area (Å²) in [7, 11) is -2.22. The SMILES string of the molecule is CN(CC(C)(C)O)S(=O)(=O)c1ccc2nc(N)ccc2c1. The lowest BCUT2D eigenvalue weighted by Gasteiger charge is -2.25. The van der Waals surface area contributed by atoms with E-state index in [0.29, 0.717) is 16.7 Å². The Balaban J connectivity index is 2.43. The van der Waals surface area contributed by atoms with E-state index in [1.165, 1.54) is 13.1 Å². The van der Waals surface area contributed by atoms with E-state index in [1.54, 1.807) is 38.1 Å². The van der Waals surface area contributed by atoms with E-state index in [9.17, 15) is 13.5 Å². The number of rotatable bonds is 4. The van der Waals surface area contributed by atoms with Crippen molar-refractivity contribution in [1.82, 2.24) is 9.29 Å². The number of hydrogen-bond donors (Lipinski definition) is 2. The number of likely N-dealkylation sites (N-methyl/N-ethyl adjacent to an activating group) is 1. The Hall–Kier alpha value is -1.70. The first-order valence-electron chi connectivity index (χ1n) is 6.45. The summed E-state index contributed by atoms with van der Waals surface area (Å²) in [5, 5.41) is 10.5. The van der Waals surface area contributed by atoms with Crippen LogP contribution in [0.2, 0.25) is 0 Å². The number of hydrogen-bond acceptors (Lipinski definition) is 5. The topological polar surface area (TPSA) is 96.5 Å². The van der Waals surface area contributed by atoms with Gasteiger partial charge in [-0.25, -0.2) is 13.4 Å². The maximum absolute atomic E-state index is 12.5. The third-order valence-electron chi connectivity index (χ3n) is 3.00. The summed E-state index contributed by atoms with van der Waals surface area (Å²) >= 11 is 0. The molecular formula is C14H19N3O3S. The lowest BCUT2D eigenvalue weighted by Crippen LogP contribution is -2.39. The zero-order valence-corrected chi connectivity index (χ0v) is 13.1. The molecule has 6 nitrogen and oxygen atoms in total. The highest BCUT2D eigenvalue weighted by molar-refractivity contribution is 7.89. The van der Waals surface area contributed by atoms with Crippen LogP contribution in [0.15, 0.2) is 35.2 Å². The predicted molar refractivity (Wildman–Crippen MR) is 82.3 cm³/mol. The Morgan fingerprint density at radius 3 is 2.57 bits per heavy atom. The fraction of sp³-hybridized carbons (Fsp3) is 0.357. The van der Waals surface area contributed by atoms with Crippen LogP contribution in [-0.4, -0.2) is 42.0 Å². The highest BCUT2D eigenvalue weighted by Crippen LogP contribution is 2.22. The number of fused-ring (bicyclic) bond motifs is 1. The second-order valence-electron chi connectivity index (χ2n) is 5.66. The molecule has 2 aromatic rings. The van der Waals surface area contributed by atoms with Gasteiger partial charge in [0, 0.05) is 19.0 Å². The summed E-state index contributed by atoms with van der Waals surface area (Å²) in [4.78, 5) is 4.29. The van der Waals surface area contributed by atoms with Gasteiger partial charge in [-0.1, -0.05) is 0 Å². The zero-order chi connectivity index (χ0) is 15.8. The number of benzene rings is 1. The molecule has 0 fully saturated rings. The van der Waals surface area contributed by atoms with Gasteiger partial charge < -0.3 is 10.8 Å². The number of nitrogens with zero attached hydrogens (tertiary/aromatic N) is 2. The van der Waals surface area contributed by atoms with Crippen LogP contribution in [-0.2, 0) is 10.0 Å². The van der Waals surface area contributed by atoms with Crippen molar-refractivity contribution >= 4 is 26.7 Å². The highest BCUT2D eigenvalue weighted by Gasteiger charge is 2.26. The molecule has 0 saturated heterocycles. The maximum Gasteiger partial charge on any atom is 0.242 e. The van der Waals surface area contributed by atoms with Crippen molar-refractivity contribution in [3.05, 3.63) is 30.3 Å². The quantitative estimate of drug-likeness (QED) is 0.885. The van der Waals surface area contributed by atoms with Crippen LogP contribution >= 0.6 is 0 Å². The molecule has 3 N–H and O–H groups in total. The van der Waals surface area contributed by atoms with E-state index in [4.69, 9.17) is 5.73 Å². The Kier molecular flexibility index (Phi) is 3.92. The van der Waals surface area contributed by atoms with Crippen molar-refractivity contribution in [2.45, 2.75) is 24.3 Å². The van der Waals surface area contributed by atoms with Gasteiger partial charge in [-0.05, 0) is 44.2 Å². The van der Waals surface area contributed by atoms with E-state index in [0.717, 1.165) is 4.31 Å². The van der Waals surface area contributed by atoms with Crippen LogP contribution in [0.25, 0.3) is 10.9 Å². The number of anilines is 1. The molecule has 21 heavy (non-hydrogen) atoms. The number of sulfonamides is 1. The van der Waals surface area contributed by atoms with Crippen LogP contribution in [0.1, 0.15) is 13.8 Å². The fourth-order valence-corrected chi connectivity index (χ4v) is 3.45. The standard InChI is InChI=1S/C14H19N3O3S/c1-14(2,18)9-17(3)21(19,20)11-5-6-12-10(8-11)4-7-13(15)16-12/h4-8,18H,9H2,1-3H3,(H2,15,16). The van der Waals surface area contributed by atoms with Crippen LogP contribution < -0.4 is 5.73 Å². The van der Waals surface area contributed by atoms with Gasteiger partial charge in [0.15, 0.2) is 0 Å². The molecule has 1 aromatic heterocycles. The number of nitrogens with two attached hydrogens (primary N) is 1. The molecule has 0 spiro atoms. The minimum atomic E-state index is -3.66. The summed E-state index contributed by atoms with van der Waals surface area (Å²) in [6.07, 6.45) is 0. The van der Waals surface area contributed by atoms with E-state index in [1.807, 2.05) is 0 Å². The molecule has 0 atom stereocenters. The first-order chi connectivity index (χ1) is 9.59. The molecule has 0 radical (unpaired) electrons. The molecule has 0 saturated carbocycles. The molecule has 2 rings (SSSR count). The summed E-state index contributed by atoms with van der Waals surface area (Å²) in [6, 6.07) is 8.02. The molecule has 1 aromatic carbocycles. The number of aliphatic hydroxyl groups is 1. The summed E-state index contributed by atoms with van der Waals surface area (Å²) in [6.45, 7) is 3.13. The van der Waals surface area contributed by atoms with Crippen molar-refractivity contribution in [2.24, 2.45) is 0 Å². The van der Waals surface area contributed by atoms with Gasteiger partial charge in [0.25, 0.3) is 0 Å². The zero-order valence-electron chi connectivity index (χ0n) is 12.2. The first kappa shape index (κ1) is 15.7. The summed E-state index contributed by atoms with van der Waals surface area (Å²) in [5.41, 5.74) is 5.14. The van der Waals surface area contributed by atoms with Crippen molar-refractivity contribution < 1.29 is 13.5 Å². The minimum Gasteiger partial charge on any atom is -0.389 e. The summed E-state index contributed by atoms with van der Waals surface area (Å²) < 4.78 is 26.1. The Labute approximate surface area is 124 Å². The van der Waals surface area contributed by atoms with Crippen LogP contribution in [0.3, 0.4) is 0 Å². The van der Waals surface area contributed by atoms with E-state index < -0.39 is 15.6 Å². The Morgan fingerprint density at radius 1 is 1.29 bits per heavy atom. The molecule has 1 heterocycles. The largest absolute Gasteiger partial charge is 0.389 e. The van der Waals surface area contributed by atoms with Gasteiger partial charge in [-0.15, -0.1) is 0 Å². The summed E-state index contributed by atoms with van der Waals surface area (Å²) in [5.74, 6) is 0.386. The van der Waals surface area contributed by atoms with E-state index >= 15 is 0 Å². The number of pyridine rings is 1. The van der Waals surface area contributed by atoms with E-state index in [2.05, 4.69) is 4.98 Å². The predicted octanol–water partition coefficient (Wildman–Crippen LogP) is 1.21. The molecule has 7 heteroatoms. The van der Waals surface area contributed by atoms with Crippen molar-refractivity contribution in [2.75, 3.05) is 19.3 Å². The second-order valence-corrected chi connectivity index (χ2v) is 7.71. The number of aromatic nitrogens is 1. The van der Waals surface area contributed by atoms with Gasteiger partial charge in [0.05, 0.1) is 16.0 Å². The van der Waals surface area contributed by atoms with Crippen LogP contribution in [0.5, 0.6) is 0 Å². The minimum absolute atomic E-state index is 0.00730. The molecular weight excluding hydrogens is 290 g/mol. The van der Waals surface area contributed by atoms with Crippen molar-refractivity contribution in [1.29, 1.82) is 0 Å². The monoisotopic (exact) mass is 309 g/mol. The normalized spacial score (nSPS) is 13.0. The average molecular weight is 309 g/mol. The maximum atomic E-state index is 12.5.